The van der Waals surface area contributed by atoms with Gasteiger partial charge in [0, 0.05) is 45.1 Å². The fourth-order valence-electron chi connectivity index (χ4n) is 4.12. The second-order valence-electron chi connectivity index (χ2n) is 8.32. The van der Waals surface area contributed by atoms with Crippen molar-refractivity contribution in [2.45, 2.75) is 20.8 Å². The molecule has 168 valence electrons. The van der Waals surface area contributed by atoms with Crippen LogP contribution < -0.4 is 9.64 Å². The number of ether oxygens (including phenoxy) is 1. The third-order valence-electron chi connectivity index (χ3n) is 5.58. The number of aromatic nitrogens is 2. The molecule has 1 saturated heterocycles. The maximum atomic E-state index is 13.4. The van der Waals surface area contributed by atoms with E-state index in [2.05, 4.69) is 14.9 Å². The minimum atomic E-state index is -0.225. The van der Waals surface area contributed by atoms with Crippen LogP contribution in [-0.4, -0.2) is 70.9 Å². The summed E-state index contributed by atoms with van der Waals surface area (Å²) in [5.74, 6) is 1.18. The van der Waals surface area contributed by atoms with Gasteiger partial charge in [0.1, 0.15) is 11.4 Å². The molecule has 8 heteroatoms. The Morgan fingerprint density at radius 2 is 1.56 bits per heavy atom. The molecule has 2 aliphatic rings. The van der Waals surface area contributed by atoms with E-state index in [9.17, 15) is 9.59 Å². The van der Waals surface area contributed by atoms with Gasteiger partial charge in [0.25, 0.3) is 11.8 Å². The standard InChI is InChI=1S/C24H29N5O3/c1-4-32-19-8-6-18(7-9-19)20-21(23(31)29(22(20)30)16-17(2)3)27-12-14-28(15-13-27)24-25-10-5-11-26-24/h5-11,17H,4,12-16H2,1-3H3. The zero-order chi connectivity index (χ0) is 22.7. The molecule has 0 saturated carbocycles. The maximum absolute atomic E-state index is 13.4. The van der Waals surface area contributed by atoms with Crippen LogP contribution in [0.1, 0.15) is 26.3 Å². The molecule has 1 aromatic carbocycles. The Kier molecular flexibility index (Phi) is 6.39. The molecule has 0 bridgehead atoms. The van der Waals surface area contributed by atoms with Crippen LogP contribution in [-0.2, 0) is 9.59 Å². The van der Waals surface area contributed by atoms with Gasteiger partial charge in [0.15, 0.2) is 0 Å². The van der Waals surface area contributed by atoms with Crippen molar-refractivity contribution in [1.82, 2.24) is 19.8 Å². The number of imide groups is 1. The van der Waals surface area contributed by atoms with E-state index in [-0.39, 0.29) is 17.7 Å². The Morgan fingerprint density at radius 1 is 0.938 bits per heavy atom. The van der Waals surface area contributed by atoms with Crippen LogP contribution in [0.4, 0.5) is 5.95 Å². The summed E-state index contributed by atoms with van der Waals surface area (Å²) in [5, 5.41) is 0. The Labute approximate surface area is 188 Å². The molecule has 0 unspecified atom stereocenters. The summed E-state index contributed by atoms with van der Waals surface area (Å²) in [6.45, 7) is 9.50. The van der Waals surface area contributed by atoms with E-state index in [1.165, 1.54) is 4.90 Å². The largest absolute Gasteiger partial charge is 0.494 e. The highest BCUT2D eigenvalue weighted by molar-refractivity contribution is 6.35. The van der Waals surface area contributed by atoms with Gasteiger partial charge in [-0.1, -0.05) is 26.0 Å². The van der Waals surface area contributed by atoms with E-state index >= 15 is 0 Å². The molecule has 2 amide bonds. The predicted octanol–water partition coefficient (Wildman–Crippen LogP) is 2.43. The summed E-state index contributed by atoms with van der Waals surface area (Å²) in [6, 6.07) is 9.20. The molecule has 8 nitrogen and oxygen atoms in total. The van der Waals surface area contributed by atoms with Crippen LogP contribution in [0.15, 0.2) is 48.4 Å². The van der Waals surface area contributed by atoms with Crippen molar-refractivity contribution < 1.29 is 14.3 Å². The fraction of sp³-hybridized carbons (Fsp3) is 0.417. The van der Waals surface area contributed by atoms with Gasteiger partial charge in [-0.25, -0.2) is 9.97 Å². The van der Waals surface area contributed by atoms with E-state index in [0.29, 0.717) is 56.5 Å². The Hall–Kier alpha value is -3.42. The minimum absolute atomic E-state index is 0.191. The van der Waals surface area contributed by atoms with E-state index in [0.717, 1.165) is 11.3 Å². The zero-order valence-electron chi connectivity index (χ0n) is 18.8. The lowest BCUT2D eigenvalue weighted by Gasteiger charge is -2.36. The third kappa shape index (κ3) is 4.30. The average Bonchev–Trinajstić information content (AvgIpc) is 3.05. The SMILES string of the molecule is CCOc1ccc(C2=C(N3CCN(c4ncccn4)CC3)C(=O)N(CC(C)C)C2=O)cc1. The molecular weight excluding hydrogens is 406 g/mol. The van der Waals surface area contributed by atoms with Gasteiger partial charge in [-0.3, -0.25) is 14.5 Å². The van der Waals surface area contributed by atoms with Crippen LogP contribution in [0.2, 0.25) is 0 Å². The van der Waals surface area contributed by atoms with Gasteiger partial charge >= 0.3 is 0 Å². The van der Waals surface area contributed by atoms with Gasteiger partial charge in [0.2, 0.25) is 5.95 Å². The number of carbonyl (C=O) groups excluding carboxylic acids is 2. The van der Waals surface area contributed by atoms with Crippen molar-refractivity contribution in [3.05, 3.63) is 54.0 Å². The molecule has 2 aliphatic heterocycles. The second kappa shape index (κ2) is 9.38. The highest BCUT2D eigenvalue weighted by atomic mass is 16.5. The third-order valence-corrected chi connectivity index (χ3v) is 5.58. The van der Waals surface area contributed by atoms with E-state index in [1.807, 2.05) is 49.9 Å². The molecule has 0 aliphatic carbocycles. The van der Waals surface area contributed by atoms with Gasteiger partial charge in [-0.15, -0.1) is 0 Å². The smallest absolute Gasteiger partial charge is 0.277 e. The number of nitrogens with zero attached hydrogens (tertiary/aromatic N) is 5. The highest BCUT2D eigenvalue weighted by Crippen LogP contribution is 2.33. The predicted molar refractivity (Wildman–Crippen MR) is 122 cm³/mol. The molecular formula is C24H29N5O3. The molecule has 0 atom stereocenters. The van der Waals surface area contributed by atoms with Crippen molar-refractivity contribution in [2.75, 3.05) is 44.2 Å². The van der Waals surface area contributed by atoms with Crippen LogP contribution in [0.25, 0.3) is 5.57 Å². The van der Waals surface area contributed by atoms with Gasteiger partial charge in [-0.05, 0) is 36.6 Å². The number of anilines is 1. The van der Waals surface area contributed by atoms with E-state index in [4.69, 9.17) is 4.74 Å². The van der Waals surface area contributed by atoms with Crippen molar-refractivity contribution in [3.63, 3.8) is 0 Å². The van der Waals surface area contributed by atoms with Crippen molar-refractivity contribution in [3.8, 4) is 5.75 Å². The molecule has 0 spiro atoms. The Morgan fingerprint density at radius 3 is 2.16 bits per heavy atom. The first-order valence-corrected chi connectivity index (χ1v) is 11.1. The number of hydrogen-bond acceptors (Lipinski definition) is 7. The molecule has 3 heterocycles. The first-order valence-electron chi connectivity index (χ1n) is 11.1. The summed E-state index contributed by atoms with van der Waals surface area (Å²) in [4.78, 5) is 40.9. The number of rotatable bonds is 7. The molecule has 1 aromatic heterocycles. The van der Waals surface area contributed by atoms with Crippen LogP contribution in [0.3, 0.4) is 0 Å². The van der Waals surface area contributed by atoms with Crippen molar-refractivity contribution in [1.29, 1.82) is 0 Å². The lowest BCUT2D eigenvalue weighted by Crippen LogP contribution is -2.48. The van der Waals surface area contributed by atoms with Gasteiger partial charge < -0.3 is 14.5 Å². The van der Waals surface area contributed by atoms with Gasteiger partial charge in [-0.2, -0.15) is 0 Å². The summed E-state index contributed by atoms with van der Waals surface area (Å²) in [7, 11) is 0. The number of carbonyl (C=O) groups is 2. The lowest BCUT2D eigenvalue weighted by molar-refractivity contribution is -0.138. The Bertz CT molecular complexity index is 996. The first-order chi connectivity index (χ1) is 15.5. The average molecular weight is 436 g/mol. The molecule has 32 heavy (non-hydrogen) atoms. The van der Waals surface area contributed by atoms with Crippen LogP contribution in [0.5, 0.6) is 5.75 Å². The normalized spacial score (nSPS) is 17.1. The number of piperazine rings is 1. The molecule has 0 N–H and O–H groups in total. The summed E-state index contributed by atoms with van der Waals surface area (Å²) < 4.78 is 5.54. The summed E-state index contributed by atoms with van der Waals surface area (Å²) in [6.07, 6.45) is 3.45. The second-order valence-corrected chi connectivity index (χ2v) is 8.32. The van der Waals surface area contributed by atoms with Gasteiger partial charge in [0.05, 0.1) is 12.2 Å². The number of benzene rings is 1. The minimum Gasteiger partial charge on any atom is -0.494 e. The molecule has 1 fully saturated rings. The number of amides is 2. The topological polar surface area (TPSA) is 78.9 Å². The Balaban J connectivity index is 1.63. The number of hydrogen-bond donors (Lipinski definition) is 0. The van der Waals surface area contributed by atoms with E-state index < -0.39 is 0 Å². The van der Waals surface area contributed by atoms with Crippen molar-refractivity contribution in [2.24, 2.45) is 5.92 Å². The lowest BCUT2D eigenvalue weighted by atomic mass is 10.0. The molecule has 4 rings (SSSR count). The summed E-state index contributed by atoms with van der Waals surface area (Å²) in [5.41, 5.74) is 1.71. The van der Waals surface area contributed by atoms with Crippen LogP contribution >= 0.6 is 0 Å². The zero-order valence-corrected chi connectivity index (χ0v) is 18.8. The maximum Gasteiger partial charge on any atom is 0.277 e. The first kappa shape index (κ1) is 21.8. The molecule has 0 radical (unpaired) electrons. The highest BCUT2D eigenvalue weighted by Gasteiger charge is 2.42. The molecule has 2 aromatic rings. The van der Waals surface area contributed by atoms with Crippen LogP contribution in [0, 0.1) is 5.92 Å². The monoisotopic (exact) mass is 435 g/mol. The quantitative estimate of drug-likeness (QED) is 0.618. The summed E-state index contributed by atoms with van der Waals surface area (Å²) >= 11 is 0. The fourth-order valence-corrected chi connectivity index (χ4v) is 4.12. The van der Waals surface area contributed by atoms with Crippen molar-refractivity contribution >= 4 is 23.3 Å². The van der Waals surface area contributed by atoms with E-state index in [1.54, 1.807) is 18.5 Å².